The Bertz CT molecular complexity index is 534. The predicted octanol–water partition coefficient (Wildman–Crippen LogP) is -0.125. The molecule has 1 atom stereocenters. The van der Waals surface area contributed by atoms with Crippen molar-refractivity contribution in [1.29, 1.82) is 0 Å². The van der Waals surface area contributed by atoms with Crippen molar-refractivity contribution in [1.82, 2.24) is 18.6 Å². The van der Waals surface area contributed by atoms with Crippen LogP contribution in [0.1, 0.15) is 6.42 Å². The van der Waals surface area contributed by atoms with Gasteiger partial charge in [-0.3, -0.25) is 0 Å². The average molecular weight is 290 g/mol. The van der Waals surface area contributed by atoms with Crippen molar-refractivity contribution < 1.29 is 17.5 Å². The zero-order valence-electron chi connectivity index (χ0n) is 10.7. The third-order valence-corrected chi connectivity index (χ3v) is 4.67. The summed E-state index contributed by atoms with van der Waals surface area (Å²) in [4.78, 5) is 7.35. The Morgan fingerprint density at radius 1 is 1.42 bits per heavy atom. The van der Waals surface area contributed by atoms with E-state index in [2.05, 4.69) is 9.97 Å². The predicted molar refractivity (Wildman–Crippen MR) is 65.2 cm³/mol. The summed E-state index contributed by atoms with van der Waals surface area (Å²) in [7, 11) is -0.465. The second-order valence-corrected chi connectivity index (χ2v) is 6.50. The van der Waals surface area contributed by atoms with Gasteiger partial charge in [0, 0.05) is 20.6 Å². The van der Waals surface area contributed by atoms with Crippen LogP contribution in [-0.2, 0) is 10.2 Å². The molecule has 0 N–H and O–H groups in total. The van der Waals surface area contributed by atoms with E-state index in [0.717, 1.165) is 16.7 Å². The molecule has 106 valence electrons. The zero-order chi connectivity index (χ0) is 14.0. The Morgan fingerprint density at radius 2 is 2.05 bits per heavy atom. The van der Waals surface area contributed by atoms with Crippen molar-refractivity contribution in [3.05, 3.63) is 18.2 Å². The molecule has 0 bridgehead atoms. The summed E-state index contributed by atoms with van der Waals surface area (Å²) in [6.45, 7) is 0.619. The average Bonchev–Trinajstić information content (AvgIpc) is 2.81. The summed E-state index contributed by atoms with van der Waals surface area (Å²) >= 11 is 0. The van der Waals surface area contributed by atoms with Gasteiger partial charge in [-0.05, 0) is 6.42 Å². The van der Waals surface area contributed by atoms with Crippen LogP contribution in [0.25, 0.3) is 0 Å². The molecule has 1 aliphatic heterocycles. The number of nitrogens with zero attached hydrogens (tertiary/aromatic N) is 4. The van der Waals surface area contributed by atoms with Crippen LogP contribution < -0.4 is 4.74 Å². The van der Waals surface area contributed by atoms with Crippen molar-refractivity contribution in [2.75, 3.05) is 27.2 Å². The topological polar surface area (TPSA) is 75.6 Å². The molecule has 7 nitrogen and oxygen atoms in total. The minimum absolute atomic E-state index is 0.0514. The third kappa shape index (κ3) is 3.17. The first-order chi connectivity index (χ1) is 8.89. The number of hydrogen-bond donors (Lipinski definition) is 0. The molecule has 2 rings (SSSR count). The highest BCUT2D eigenvalue weighted by atomic mass is 32.2. The van der Waals surface area contributed by atoms with E-state index >= 15 is 0 Å². The Hall–Kier alpha value is -1.32. The van der Waals surface area contributed by atoms with Crippen LogP contribution in [0.2, 0.25) is 0 Å². The Kier molecular flexibility index (Phi) is 3.97. The van der Waals surface area contributed by atoms with Gasteiger partial charge in [-0.2, -0.15) is 17.0 Å². The molecule has 0 aromatic carbocycles. The van der Waals surface area contributed by atoms with E-state index in [9.17, 15) is 12.8 Å². The minimum atomic E-state index is -3.42. The fourth-order valence-corrected chi connectivity index (χ4v) is 2.90. The molecule has 2 heterocycles. The lowest BCUT2D eigenvalue weighted by atomic mass is 10.3. The van der Waals surface area contributed by atoms with Crippen LogP contribution in [-0.4, -0.2) is 60.3 Å². The van der Waals surface area contributed by atoms with E-state index in [1.807, 2.05) is 0 Å². The highest BCUT2D eigenvalue weighted by molar-refractivity contribution is 7.86. The molecule has 0 radical (unpaired) electrons. The molecule has 1 aromatic heterocycles. The number of halogens is 1. The lowest BCUT2D eigenvalue weighted by Crippen LogP contribution is -2.39. The van der Waals surface area contributed by atoms with Crippen LogP contribution in [0.15, 0.2) is 12.4 Å². The maximum atomic E-state index is 12.6. The minimum Gasteiger partial charge on any atom is -0.459 e. The third-order valence-electron chi connectivity index (χ3n) is 2.76. The molecule has 1 saturated heterocycles. The number of aromatic nitrogens is 2. The molecule has 0 spiro atoms. The van der Waals surface area contributed by atoms with Gasteiger partial charge in [0.2, 0.25) is 0 Å². The Balaban J connectivity index is 1.98. The quantitative estimate of drug-likeness (QED) is 0.772. The molecule has 19 heavy (non-hydrogen) atoms. The molecular formula is C10H15FN4O3S. The largest absolute Gasteiger partial charge is 0.459 e. The Morgan fingerprint density at radius 3 is 2.63 bits per heavy atom. The van der Waals surface area contributed by atoms with E-state index in [-0.39, 0.29) is 18.7 Å². The van der Waals surface area contributed by atoms with Crippen LogP contribution in [0.4, 0.5) is 4.39 Å². The van der Waals surface area contributed by atoms with Crippen molar-refractivity contribution >= 4 is 10.2 Å². The maximum Gasteiger partial charge on any atom is 0.316 e. The van der Waals surface area contributed by atoms with Gasteiger partial charge < -0.3 is 4.74 Å². The lowest BCUT2D eigenvalue weighted by Gasteiger charge is -2.20. The number of hydrogen-bond acceptors (Lipinski definition) is 5. The van der Waals surface area contributed by atoms with Crippen LogP contribution in [0.5, 0.6) is 6.01 Å². The number of ether oxygens (including phenoxy) is 1. The van der Waals surface area contributed by atoms with Crippen molar-refractivity contribution in [2.24, 2.45) is 0 Å². The van der Waals surface area contributed by atoms with Crippen molar-refractivity contribution in [3.8, 4) is 6.01 Å². The van der Waals surface area contributed by atoms with E-state index in [1.54, 1.807) is 0 Å². The standard InChI is InChI=1S/C10H15FN4O3S/c1-14(2)19(16,17)15-4-3-9(7-15)18-10-12-5-8(11)6-13-10/h5-6,9H,3-4,7H2,1-2H3/t9-/m1/s1. The molecule has 1 aromatic rings. The molecule has 0 unspecified atom stereocenters. The van der Waals surface area contributed by atoms with E-state index < -0.39 is 16.0 Å². The highest BCUT2D eigenvalue weighted by Crippen LogP contribution is 2.18. The highest BCUT2D eigenvalue weighted by Gasteiger charge is 2.34. The summed E-state index contributed by atoms with van der Waals surface area (Å²) in [5, 5.41) is 0. The first kappa shape index (κ1) is 14.1. The van der Waals surface area contributed by atoms with Gasteiger partial charge in [-0.15, -0.1) is 0 Å². The summed E-state index contributed by atoms with van der Waals surface area (Å²) in [6.07, 6.45) is 2.24. The molecule has 1 aliphatic rings. The van der Waals surface area contributed by atoms with Gasteiger partial charge in [0.05, 0.1) is 18.9 Å². The number of rotatable bonds is 4. The van der Waals surface area contributed by atoms with Crippen LogP contribution in [0, 0.1) is 5.82 Å². The van der Waals surface area contributed by atoms with Gasteiger partial charge in [0.1, 0.15) is 6.10 Å². The van der Waals surface area contributed by atoms with E-state index in [4.69, 9.17) is 4.74 Å². The first-order valence-corrected chi connectivity index (χ1v) is 7.11. The van der Waals surface area contributed by atoms with Crippen molar-refractivity contribution in [3.63, 3.8) is 0 Å². The normalized spacial score (nSPS) is 20.9. The second-order valence-electron chi connectivity index (χ2n) is 4.36. The van der Waals surface area contributed by atoms with Crippen molar-refractivity contribution in [2.45, 2.75) is 12.5 Å². The lowest BCUT2D eigenvalue weighted by molar-refractivity contribution is 0.196. The molecule has 0 saturated carbocycles. The fraction of sp³-hybridized carbons (Fsp3) is 0.600. The summed E-state index contributed by atoms with van der Waals surface area (Å²) < 4.78 is 44.3. The molecule has 1 fully saturated rings. The molecule has 0 aliphatic carbocycles. The molecule has 9 heteroatoms. The summed E-state index contributed by atoms with van der Waals surface area (Å²) in [6, 6.07) is 0.0514. The van der Waals surface area contributed by atoms with Gasteiger partial charge >= 0.3 is 6.01 Å². The SMILES string of the molecule is CN(C)S(=O)(=O)N1CC[C@@H](Oc2ncc(F)cn2)C1. The van der Waals surface area contributed by atoms with Crippen LogP contribution in [0.3, 0.4) is 0 Å². The summed E-state index contributed by atoms with van der Waals surface area (Å²) in [5.41, 5.74) is 0. The van der Waals surface area contributed by atoms with E-state index in [1.165, 1.54) is 18.4 Å². The smallest absolute Gasteiger partial charge is 0.316 e. The Labute approximate surface area is 111 Å². The molecule has 0 amide bonds. The summed E-state index contributed by atoms with van der Waals surface area (Å²) in [5.74, 6) is -0.546. The molecular weight excluding hydrogens is 275 g/mol. The fourth-order valence-electron chi connectivity index (χ4n) is 1.74. The maximum absolute atomic E-state index is 12.6. The van der Waals surface area contributed by atoms with Gasteiger partial charge in [-0.25, -0.2) is 14.4 Å². The van der Waals surface area contributed by atoms with E-state index in [0.29, 0.717) is 13.0 Å². The van der Waals surface area contributed by atoms with Gasteiger partial charge in [0.25, 0.3) is 10.2 Å². The zero-order valence-corrected chi connectivity index (χ0v) is 11.5. The first-order valence-electron chi connectivity index (χ1n) is 5.71. The van der Waals surface area contributed by atoms with Gasteiger partial charge in [0.15, 0.2) is 5.82 Å². The monoisotopic (exact) mass is 290 g/mol. The van der Waals surface area contributed by atoms with Gasteiger partial charge in [-0.1, -0.05) is 0 Å². The van der Waals surface area contributed by atoms with Crippen LogP contribution >= 0.6 is 0 Å². The second kappa shape index (κ2) is 5.35.